The number of fused-ring (bicyclic) bond motifs is 25. The van der Waals surface area contributed by atoms with Crippen LogP contribution in [0.5, 0.6) is 0 Å². The summed E-state index contributed by atoms with van der Waals surface area (Å²) in [5.74, 6) is 5.37. The second-order valence-corrected chi connectivity index (χ2v) is 36.7. The molecule has 0 atom stereocenters. The second-order valence-electron chi connectivity index (χ2n) is 36.7. The number of rotatable bonds is 9. The van der Waals surface area contributed by atoms with Gasteiger partial charge in [0.1, 0.15) is 0 Å². The molecule has 30 rings (SSSR count). The molecule has 15 nitrogen and oxygen atoms in total. The molecular formula is C123H81N15Pt3. The van der Waals surface area contributed by atoms with Crippen LogP contribution in [0.1, 0.15) is 33.4 Å². The molecule has 0 radical (unpaired) electrons. The first-order valence-electron chi connectivity index (χ1n) is 46.8. The molecule has 9 aromatic heterocycles. The van der Waals surface area contributed by atoms with Gasteiger partial charge in [-0.25, -0.2) is 0 Å². The third kappa shape index (κ3) is 13.6. The van der Waals surface area contributed by atoms with Crippen molar-refractivity contribution in [2.45, 2.75) is 19.3 Å². The first-order chi connectivity index (χ1) is 67.9. The van der Waals surface area contributed by atoms with E-state index in [0.29, 0.717) is 0 Å². The summed E-state index contributed by atoms with van der Waals surface area (Å²) >= 11 is 0. The number of benzene rings is 18. The Morgan fingerprint density at radius 1 is 0.199 bits per heavy atom. The summed E-state index contributed by atoms with van der Waals surface area (Å²) in [6.07, 6.45) is 2.80. The van der Waals surface area contributed by atoms with Crippen LogP contribution in [0.25, 0.3) is 250 Å². The Bertz CT molecular complexity index is 9680. The predicted molar refractivity (Wildman–Crippen MR) is 558 cm³/mol. The average Bonchev–Trinajstić information content (AvgIpc) is 1.55. The van der Waals surface area contributed by atoms with Gasteiger partial charge in [-0.1, -0.05) is 180 Å². The molecule has 27 aromatic rings. The molecule has 3 aliphatic rings. The smallest absolute Gasteiger partial charge is 0.367 e. The van der Waals surface area contributed by atoms with Crippen molar-refractivity contribution in [3.05, 3.63) is 416 Å². The van der Waals surface area contributed by atoms with E-state index in [-0.39, 0.29) is 63.2 Å². The van der Waals surface area contributed by atoms with Crippen molar-refractivity contribution in [1.82, 2.24) is 71.0 Å². The van der Waals surface area contributed by atoms with Crippen LogP contribution in [0.2, 0.25) is 0 Å². The molecule has 3 aliphatic carbocycles. The normalized spacial score (nSPS) is 12.2. The topological polar surface area (TPSA) is 122 Å². The second kappa shape index (κ2) is 33.8. The molecule has 0 unspecified atom stereocenters. The van der Waals surface area contributed by atoms with Crippen LogP contribution in [-0.4, -0.2) is 71.0 Å². The van der Waals surface area contributed by atoms with Gasteiger partial charge in [0.2, 0.25) is 0 Å². The minimum absolute atomic E-state index is 0. The van der Waals surface area contributed by atoms with Crippen molar-refractivity contribution < 1.29 is 63.2 Å². The summed E-state index contributed by atoms with van der Waals surface area (Å²) < 4.78 is 19.9. The Labute approximate surface area is 854 Å². The van der Waals surface area contributed by atoms with Crippen LogP contribution < -0.4 is 0 Å². The molecule has 0 saturated carbocycles. The molecule has 0 N–H and O–H groups in total. The van der Waals surface area contributed by atoms with Gasteiger partial charge in [-0.3, -0.25) is 29.9 Å². The van der Waals surface area contributed by atoms with Crippen LogP contribution in [0.3, 0.4) is 0 Å². The van der Waals surface area contributed by atoms with Crippen LogP contribution in [0, 0.1) is 36.4 Å². The number of hydrogen-bond acceptors (Lipinski definition) is 6. The summed E-state index contributed by atoms with van der Waals surface area (Å²) in [6, 6.07) is 145. The first-order valence-corrected chi connectivity index (χ1v) is 46.8. The molecule has 0 saturated heterocycles. The van der Waals surface area contributed by atoms with Gasteiger partial charge in [0.05, 0.1) is 101 Å². The van der Waals surface area contributed by atoms with E-state index in [1.807, 2.05) is 36.4 Å². The SMILES string of the molecule is Cn1c(-c2[c-]c(-n3c4[c-]c(-c5nc6ccccc6n5C)ccc4c4c5c(ccc43)-c3ccccc3C5)ccc2)nc2ccccc21.Cn1c(-c2[c-]c(-n3c4[c-]c(-c5nc6ccccc6n5C)ccc4c4cc5c(cc43)-c3ccccc3C5)ccc2)nc2ccccc21.Cn1c(-c2[c-]c(-n3c4[c-]c(-c5nc6ccccc6n5C)ccc4c4cc5c(cc43)Cc3ccccc3-5)ccc2)nc2ccccc21.[Pt+2].[Pt+2].[Pt+2]. The Kier molecular flexibility index (Phi) is 20.8. The number of aromatic nitrogens is 15. The van der Waals surface area contributed by atoms with E-state index < -0.39 is 0 Å². The summed E-state index contributed by atoms with van der Waals surface area (Å²) in [6.45, 7) is 0. The third-order valence-corrected chi connectivity index (χ3v) is 29.0. The molecule has 9 heterocycles. The molecule has 0 spiro atoms. The Hall–Kier alpha value is -15.8. The van der Waals surface area contributed by atoms with Crippen LogP contribution in [0.4, 0.5) is 0 Å². The molecule has 18 aromatic carbocycles. The van der Waals surface area contributed by atoms with Crippen LogP contribution in [-0.2, 0) is 125 Å². The van der Waals surface area contributed by atoms with Gasteiger partial charge in [0, 0.05) is 58.8 Å². The zero-order valence-electron chi connectivity index (χ0n) is 77.2. The zero-order chi connectivity index (χ0) is 91.6. The Morgan fingerprint density at radius 2 is 0.489 bits per heavy atom. The summed E-state index contributed by atoms with van der Waals surface area (Å²) in [4.78, 5) is 30.0. The number of aryl methyl sites for hydroxylation is 6. The maximum absolute atomic E-state index is 5.02. The molecule has 0 fully saturated rings. The number of hydrogen-bond donors (Lipinski definition) is 0. The van der Waals surface area contributed by atoms with Crippen molar-refractivity contribution in [1.29, 1.82) is 0 Å². The fourth-order valence-corrected chi connectivity index (χ4v) is 22.4. The van der Waals surface area contributed by atoms with Gasteiger partial charge in [0.25, 0.3) is 0 Å². The van der Waals surface area contributed by atoms with Crippen LogP contribution in [0.15, 0.2) is 346 Å². The molecule has 0 amide bonds. The largest absolute Gasteiger partial charge is 2.00 e. The van der Waals surface area contributed by atoms with E-state index in [1.54, 1.807) is 0 Å². The standard InChI is InChI=1S/3C41H27N5.3Pt/c1-44-36-16-7-5-14-34(36)42-40(44)26-11-9-12-29(21-26)46-38-23-27(41-43-35-15-6-8-17-37(35)45(41)2)18-19-31(38)33-22-28-20-25-10-3-4-13-30(25)32(28)24-39(33)46;1-44-36-16-7-5-14-34(36)42-40(44)26-11-9-12-29(21-26)46-38-22-27(41-43-35-15-6-8-17-37(35)45(41)2)18-19-31(38)33-24-32-28(23-39(33)46)20-25-10-3-4-13-30(25)32;1-44-35-16-7-5-14-33(35)42-40(44)26-11-9-12-28(22-26)46-37-21-20-30-29-13-4-3-10-25(29)23-32(30)39(37)31-19-18-27(24-38(31)46)41-43-34-15-6-8-17-36(34)45(41)2;;;/h3-19,22,24H,20H2,1-2H3;3-19,23-24H,20H2,1-2H3;3-21H,23H2,1-2H3;;;/q3*-2;3*+2. The predicted octanol–water partition coefficient (Wildman–Crippen LogP) is 27.2. The molecule has 141 heavy (non-hydrogen) atoms. The third-order valence-electron chi connectivity index (χ3n) is 29.0. The quantitative estimate of drug-likeness (QED) is 0.133. The Balaban J connectivity index is 0.000000110. The van der Waals surface area contributed by atoms with Gasteiger partial charge in [-0.15, -0.1) is 161 Å². The minimum atomic E-state index is 0. The van der Waals surface area contributed by atoms with Crippen molar-refractivity contribution in [3.63, 3.8) is 0 Å². The Morgan fingerprint density at radius 3 is 0.865 bits per heavy atom. The number of imidazole rings is 6. The van der Waals surface area contributed by atoms with Crippen molar-refractivity contribution >= 4 is 132 Å². The summed E-state index contributed by atoms with van der Waals surface area (Å²) in [5.41, 5.74) is 43.7. The van der Waals surface area contributed by atoms with Crippen molar-refractivity contribution in [2.24, 2.45) is 42.3 Å². The maximum atomic E-state index is 5.02. The van der Waals surface area contributed by atoms with Gasteiger partial charge in [-0.2, -0.15) is 0 Å². The van der Waals surface area contributed by atoms with Crippen molar-refractivity contribution in [3.8, 4) is 119 Å². The van der Waals surface area contributed by atoms with E-state index in [9.17, 15) is 0 Å². The summed E-state index contributed by atoms with van der Waals surface area (Å²) in [5, 5.41) is 7.21. The van der Waals surface area contributed by atoms with Gasteiger partial charge in [0.15, 0.2) is 0 Å². The molecule has 18 heteroatoms. The molecule has 0 aliphatic heterocycles. The van der Waals surface area contributed by atoms with E-state index in [0.717, 1.165) is 215 Å². The molecule has 0 bridgehead atoms. The zero-order valence-corrected chi connectivity index (χ0v) is 84.0. The number of para-hydroxylation sites is 12. The number of nitrogens with zero attached hydrogens (tertiary/aromatic N) is 15. The van der Waals surface area contributed by atoms with Gasteiger partial charge < -0.3 is 41.1 Å². The maximum Gasteiger partial charge on any atom is 2.00 e. The minimum Gasteiger partial charge on any atom is -0.367 e. The monoisotopic (exact) mass is 2350 g/mol. The van der Waals surface area contributed by atoms with Gasteiger partial charge in [-0.05, 0) is 227 Å². The van der Waals surface area contributed by atoms with E-state index in [1.165, 1.54) is 88.3 Å². The fraction of sp³-hybridized carbons (Fsp3) is 0.0732. The molecule has 678 valence electrons. The molecular weight excluding hydrogens is 2270 g/mol. The van der Waals surface area contributed by atoms with Crippen LogP contribution >= 0.6 is 0 Å². The van der Waals surface area contributed by atoms with Gasteiger partial charge >= 0.3 is 63.2 Å². The average molecular weight is 2350 g/mol. The van der Waals surface area contributed by atoms with E-state index in [2.05, 4.69) is 429 Å². The first kappa shape index (κ1) is 86.8. The summed E-state index contributed by atoms with van der Waals surface area (Å²) in [7, 11) is 12.5. The van der Waals surface area contributed by atoms with E-state index >= 15 is 0 Å². The van der Waals surface area contributed by atoms with Crippen molar-refractivity contribution in [2.75, 3.05) is 0 Å². The fourth-order valence-electron chi connectivity index (χ4n) is 22.4. The van der Waals surface area contributed by atoms with E-state index in [4.69, 9.17) is 29.9 Å².